The summed E-state index contributed by atoms with van der Waals surface area (Å²) < 4.78 is 6.91. The summed E-state index contributed by atoms with van der Waals surface area (Å²) in [6.45, 7) is 1.44. The third kappa shape index (κ3) is 5.06. The molecular weight excluding hydrogens is 484 g/mol. The van der Waals surface area contributed by atoms with Crippen LogP contribution < -0.4 is 10.2 Å². The number of hydrazone groups is 1. The molecule has 0 aliphatic carbocycles. The van der Waals surface area contributed by atoms with Gasteiger partial charge in [0.05, 0.1) is 0 Å². The Bertz CT molecular complexity index is 1220. The maximum Gasteiger partial charge on any atom is 0.255 e. The Hall–Kier alpha value is -3.65. The average molecular weight is 507 g/mol. The first-order chi connectivity index (χ1) is 15.8. The second-order valence-corrected chi connectivity index (χ2v) is 8.69. The van der Waals surface area contributed by atoms with Crippen molar-refractivity contribution in [3.05, 3.63) is 94.0 Å². The summed E-state index contributed by atoms with van der Waals surface area (Å²) in [5, 5.41) is 8.61. The highest BCUT2D eigenvalue weighted by Crippen LogP contribution is 2.32. The molecule has 0 fully saturated rings. The molecular formula is C25H23BrN4O3. The molecule has 0 radical (unpaired) electrons. The van der Waals surface area contributed by atoms with Gasteiger partial charge in [-0.1, -0.05) is 34.1 Å². The van der Waals surface area contributed by atoms with Gasteiger partial charge in [0.25, 0.3) is 5.91 Å². The summed E-state index contributed by atoms with van der Waals surface area (Å²) in [4.78, 5) is 26.9. The van der Waals surface area contributed by atoms with Crippen molar-refractivity contribution < 1.29 is 14.3 Å². The lowest BCUT2D eigenvalue weighted by Gasteiger charge is -2.20. The molecule has 0 saturated heterocycles. The molecule has 1 atom stereocenters. The molecule has 7 nitrogen and oxygen atoms in total. The molecule has 1 N–H and O–H groups in total. The van der Waals surface area contributed by atoms with Crippen LogP contribution in [0, 0.1) is 0 Å². The number of hydrogen-bond donors (Lipinski definition) is 1. The summed E-state index contributed by atoms with van der Waals surface area (Å²) in [6.07, 6.45) is -0.728. The molecule has 0 aromatic heterocycles. The van der Waals surface area contributed by atoms with Gasteiger partial charge in [0, 0.05) is 53.6 Å². The lowest BCUT2D eigenvalue weighted by Crippen LogP contribution is -2.25. The van der Waals surface area contributed by atoms with E-state index in [4.69, 9.17) is 4.74 Å². The topological polar surface area (TPSA) is 74.2 Å². The van der Waals surface area contributed by atoms with E-state index in [-0.39, 0.29) is 11.8 Å². The fourth-order valence-electron chi connectivity index (χ4n) is 3.41. The number of anilines is 2. The van der Waals surface area contributed by atoms with Crippen LogP contribution >= 0.6 is 15.9 Å². The van der Waals surface area contributed by atoms with Gasteiger partial charge < -0.3 is 15.0 Å². The standard InChI is InChI=1S/C25H23BrN4O3/c1-16(31)30-25(33-24(28-30)17-10-12-22(13-11-17)29(2)3)19-7-5-9-21(15-19)27-23(32)18-6-4-8-20(26)14-18/h4-15,25H,1-3H3,(H,27,32)/t25-/m0/s1. The quantitative estimate of drug-likeness (QED) is 0.527. The minimum atomic E-state index is -0.728. The number of rotatable bonds is 5. The zero-order valence-corrected chi connectivity index (χ0v) is 20.0. The maximum atomic E-state index is 12.6. The van der Waals surface area contributed by atoms with Crippen LogP contribution in [0.2, 0.25) is 0 Å². The predicted octanol–water partition coefficient (Wildman–Crippen LogP) is 5.01. The third-order valence-corrected chi connectivity index (χ3v) is 5.61. The van der Waals surface area contributed by atoms with E-state index < -0.39 is 6.23 Å². The Morgan fingerprint density at radius 3 is 2.42 bits per heavy atom. The normalized spacial score (nSPS) is 15.0. The molecule has 2 amide bonds. The molecule has 0 bridgehead atoms. The zero-order chi connectivity index (χ0) is 23.5. The smallest absolute Gasteiger partial charge is 0.255 e. The Morgan fingerprint density at radius 1 is 1.03 bits per heavy atom. The molecule has 33 heavy (non-hydrogen) atoms. The van der Waals surface area contributed by atoms with Gasteiger partial charge in [0.2, 0.25) is 18.0 Å². The summed E-state index contributed by atoms with van der Waals surface area (Å²) in [6, 6.07) is 22.1. The highest BCUT2D eigenvalue weighted by molar-refractivity contribution is 9.10. The number of amides is 2. The van der Waals surface area contributed by atoms with Crippen molar-refractivity contribution in [2.45, 2.75) is 13.2 Å². The van der Waals surface area contributed by atoms with Crippen LogP contribution in [-0.2, 0) is 9.53 Å². The van der Waals surface area contributed by atoms with E-state index in [9.17, 15) is 9.59 Å². The van der Waals surface area contributed by atoms with Crippen LogP contribution in [-0.4, -0.2) is 36.8 Å². The number of carbonyl (C=O) groups excluding carboxylic acids is 2. The van der Waals surface area contributed by atoms with Crippen LogP contribution in [0.1, 0.15) is 34.6 Å². The van der Waals surface area contributed by atoms with Crippen molar-refractivity contribution in [3.63, 3.8) is 0 Å². The lowest BCUT2D eigenvalue weighted by molar-refractivity contribution is -0.135. The van der Waals surface area contributed by atoms with Gasteiger partial charge in [0.1, 0.15) is 0 Å². The van der Waals surface area contributed by atoms with E-state index in [0.29, 0.717) is 22.7 Å². The van der Waals surface area contributed by atoms with E-state index in [1.54, 1.807) is 36.4 Å². The largest absolute Gasteiger partial charge is 0.446 e. The van der Waals surface area contributed by atoms with Gasteiger partial charge in [-0.2, -0.15) is 5.01 Å². The number of nitrogens with one attached hydrogen (secondary N) is 1. The predicted molar refractivity (Wildman–Crippen MR) is 132 cm³/mol. The number of carbonyl (C=O) groups is 2. The first-order valence-electron chi connectivity index (χ1n) is 10.3. The highest BCUT2D eigenvalue weighted by Gasteiger charge is 2.33. The number of nitrogens with zero attached hydrogens (tertiary/aromatic N) is 3. The van der Waals surface area contributed by atoms with Crippen LogP contribution in [0.5, 0.6) is 0 Å². The Kier molecular flexibility index (Phi) is 6.46. The van der Waals surface area contributed by atoms with Crippen molar-refractivity contribution in [2.75, 3.05) is 24.3 Å². The minimum Gasteiger partial charge on any atom is -0.446 e. The van der Waals surface area contributed by atoms with Crippen LogP contribution in [0.3, 0.4) is 0 Å². The molecule has 0 spiro atoms. The van der Waals surface area contributed by atoms with Crippen molar-refractivity contribution >= 4 is 45.0 Å². The molecule has 0 unspecified atom stereocenters. The summed E-state index contributed by atoms with van der Waals surface area (Å²) in [5.74, 6) is -0.116. The van der Waals surface area contributed by atoms with Gasteiger partial charge in [-0.3, -0.25) is 9.59 Å². The minimum absolute atomic E-state index is 0.234. The molecule has 4 rings (SSSR count). The lowest BCUT2D eigenvalue weighted by atomic mass is 10.1. The average Bonchev–Trinajstić information content (AvgIpc) is 3.25. The van der Waals surface area contributed by atoms with E-state index in [1.807, 2.05) is 55.4 Å². The Balaban J connectivity index is 1.55. The molecule has 0 saturated carbocycles. The van der Waals surface area contributed by atoms with E-state index in [1.165, 1.54) is 11.9 Å². The van der Waals surface area contributed by atoms with Gasteiger partial charge >= 0.3 is 0 Å². The number of ether oxygens (including phenoxy) is 1. The van der Waals surface area contributed by atoms with Crippen molar-refractivity contribution in [2.24, 2.45) is 5.10 Å². The molecule has 168 valence electrons. The van der Waals surface area contributed by atoms with Crippen LogP contribution in [0.15, 0.2) is 82.4 Å². The van der Waals surface area contributed by atoms with Crippen molar-refractivity contribution in [1.82, 2.24) is 5.01 Å². The molecule has 8 heteroatoms. The number of halogens is 1. The maximum absolute atomic E-state index is 12.6. The van der Waals surface area contributed by atoms with Gasteiger partial charge in [-0.15, -0.1) is 5.10 Å². The first kappa shape index (κ1) is 22.5. The monoisotopic (exact) mass is 506 g/mol. The fraction of sp³-hybridized carbons (Fsp3) is 0.160. The van der Waals surface area contributed by atoms with E-state index in [2.05, 4.69) is 26.3 Å². The van der Waals surface area contributed by atoms with Gasteiger partial charge in [-0.25, -0.2) is 0 Å². The van der Waals surface area contributed by atoms with Gasteiger partial charge in [0.15, 0.2) is 0 Å². The Labute approximate surface area is 200 Å². The SMILES string of the molecule is CC(=O)N1N=C(c2ccc(N(C)C)cc2)O[C@H]1c1cccc(NC(=O)c2cccc(Br)c2)c1. The summed E-state index contributed by atoms with van der Waals surface area (Å²) >= 11 is 3.38. The van der Waals surface area contributed by atoms with Crippen molar-refractivity contribution in [3.8, 4) is 0 Å². The van der Waals surface area contributed by atoms with E-state index in [0.717, 1.165) is 15.7 Å². The first-order valence-corrected chi connectivity index (χ1v) is 11.1. The molecule has 3 aromatic rings. The second-order valence-electron chi connectivity index (χ2n) is 7.77. The summed E-state index contributed by atoms with van der Waals surface area (Å²) in [7, 11) is 3.93. The number of hydrogen-bond acceptors (Lipinski definition) is 5. The van der Waals surface area contributed by atoms with Crippen LogP contribution in [0.25, 0.3) is 0 Å². The fourth-order valence-corrected chi connectivity index (χ4v) is 3.80. The summed E-state index contributed by atoms with van der Waals surface area (Å²) in [5.41, 5.74) is 3.64. The molecule has 1 aliphatic rings. The third-order valence-electron chi connectivity index (χ3n) is 5.11. The van der Waals surface area contributed by atoms with Crippen molar-refractivity contribution in [1.29, 1.82) is 0 Å². The molecule has 3 aromatic carbocycles. The highest BCUT2D eigenvalue weighted by atomic mass is 79.9. The number of benzene rings is 3. The zero-order valence-electron chi connectivity index (χ0n) is 18.4. The van der Waals surface area contributed by atoms with Gasteiger partial charge in [-0.05, 0) is 54.6 Å². The Morgan fingerprint density at radius 2 is 1.76 bits per heavy atom. The molecule has 1 aliphatic heterocycles. The van der Waals surface area contributed by atoms with E-state index >= 15 is 0 Å². The molecule has 1 heterocycles. The van der Waals surface area contributed by atoms with Crippen LogP contribution in [0.4, 0.5) is 11.4 Å². The second kappa shape index (κ2) is 9.46.